The molecule has 3 aliphatic carbocycles. The van der Waals surface area contributed by atoms with Crippen LogP contribution in [0.25, 0.3) is 6.08 Å². The van der Waals surface area contributed by atoms with Crippen molar-refractivity contribution >= 4 is 6.08 Å². The van der Waals surface area contributed by atoms with Crippen molar-refractivity contribution in [3.63, 3.8) is 0 Å². The van der Waals surface area contributed by atoms with Gasteiger partial charge in [-0.05, 0) is 124 Å². The first-order valence-corrected chi connectivity index (χ1v) is 14.6. The Morgan fingerprint density at radius 1 is 0.667 bits per heavy atom. The van der Waals surface area contributed by atoms with Crippen LogP contribution in [0.1, 0.15) is 114 Å². The molecule has 1 heteroatoms. The summed E-state index contributed by atoms with van der Waals surface area (Å²) in [4.78, 5) is 0. The van der Waals surface area contributed by atoms with E-state index in [0.717, 1.165) is 42.4 Å². The van der Waals surface area contributed by atoms with E-state index in [1.54, 1.807) is 0 Å². The smallest absolute Gasteiger partial charge is 0.0897 e. The van der Waals surface area contributed by atoms with Gasteiger partial charge in [-0.3, -0.25) is 4.39 Å². The molecule has 4 rings (SSSR count). The van der Waals surface area contributed by atoms with Crippen molar-refractivity contribution in [3.05, 3.63) is 41.5 Å². The van der Waals surface area contributed by atoms with E-state index in [1.165, 1.54) is 101 Å². The molecule has 0 aromatic heterocycles. The lowest BCUT2D eigenvalue weighted by Crippen LogP contribution is -2.30. The van der Waals surface area contributed by atoms with E-state index in [9.17, 15) is 4.39 Å². The minimum absolute atomic E-state index is 0.104. The molecule has 33 heavy (non-hydrogen) atoms. The fourth-order valence-corrected chi connectivity index (χ4v) is 7.56. The molecule has 0 saturated heterocycles. The van der Waals surface area contributed by atoms with Crippen molar-refractivity contribution in [1.29, 1.82) is 0 Å². The summed E-state index contributed by atoms with van der Waals surface area (Å²) >= 11 is 0. The minimum Gasteiger partial charge on any atom is -0.251 e. The highest BCUT2D eigenvalue weighted by Crippen LogP contribution is 2.46. The normalized spacial score (nSPS) is 33.4. The summed E-state index contributed by atoms with van der Waals surface area (Å²) in [6, 6.07) is 9.24. The molecule has 0 atom stereocenters. The number of aryl methyl sites for hydroxylation is 1. The Morgan fingerprint density at radius 3 is 1.58 bits per heavy atom. The van der Waals surface area contributed by atoms with Crippen LogP contribution in [0.3, 0.4) is 0 Å². The van der Waals surface area contributed by atoms with Crippen molar-refractivity contribution < 1.29 is 4.39 Å². The first-order chi connectivity index (χ1) is 16.2. The summed E-state index contributed by atoms with van der Waals surface area (Å²) in [6.07, 6.45) is 26.4. The van der Waals surface area contributed by atoms with Crippen molar-refractivity contribution in [1.82, 2.24) is 0 Å². The predicted octanol–water partition coefficient (Wildman–Crippen LogP) is 9.82. The molecule has 184 valence electrons. The lowest BCUT2D eigenvalue weighted by Gasteiger charge is -2.41. The number of benzene rings is 1. The van der Waals surface area contributed by atoms with E-state index < -0.39 is 0 Å². The maximum absolute atomic E-state index is 12.6. The van der Waals surface area contributed by atoms with Gasteiger partial charge in [0.25, 0.3) is 0 Å². The third-order valence-corrected chi connectivity index (χ3v) is 9.82. The Hall–Kier alpha value is -1.11. The van der Waals surface area contributed by atoms with Crippen LogP contribution in [0.2, 0.25) is 0 Å². The van der Waals surface area contributed by atoms with Gasteiger partial charge in [-0.15, -0.1) is 0 Å². The van der Waals surface area contributed by atoms with Gasteiger partial charge in [-0.25, -0.2) is 0 Å². The van der Waals surface area contributed by atoms with Crippen LogP contribution < -0.4 is 0 Å². The van der Waals surface area contributed by atoms with Crippen LogP contribution >= 0.6 is 0 Å². The van der Waals surface area contributed by atoms with Crippen LogP contribution in [0.4, 0.5) is 4.39 Å². The second kappa shape index (κ2) is 13.1. The van der Waals surface area contributed by atoms with Gasteiger partial charge in [-0.1, -0.05) is 69.0 Å². The van der Waals surface area contributed by atoms with Gasteiger partial charge in [0.2, 0.25) is 0 Å². The minimum atomic E-state index is -0.104. The average molecular weight is 453 g/mol. The van der Waals surface area contributed by atoms with Crippen LogP contribution in [0.15, 0.2) is 30.3 Å². The largest absolute Gasteiger partial charge is 0.251 e. The van der Waals surface area contributed by atoms with Gasteiger partial charge in [0.1, 0.15) is 0 Å². The van der Waals surface area contributed by atoms with Crippen LogP contribution in [-0.2, 0) is 6.42 Å². The number of rotatable bonds is 9. The average Bonchev–Trinajstić information content (AvgIpc) is 2.88. The number of hydrogen-bond donors (Lipinski definition) is 0. The van der Waals surface area contributed by atoms with E-state index >= 15 is 0 Å². The van der Waals surface area contributed by atoms with Gasteiger partial charge in [-0.2, -0.15) is 0 Å². The molecule has 1 aromatic carbocycles. The highest BCUT2D eigenvalue weighted by Gasteiger charge is 2.34. The number of halogens is 1. The van der Waals surface area contributed by atoms with Crippen molar-refractivity contribution in [2.45, 2.75) is 110 Å². The van der Waals surface area contributed by atoms with Gasteiger partial charge in [0.05, 0.1) is 6.67 Å². The maximum Gasteiger partial charge on any atom is 0.0897 e. The highest BCUT2D eigenvalue weighted by atomic mass is 19.1. The van der Waals surface area contributed by atoms with Gasteiger partial charge in [0, 0.05) is 0 Å². The summed E-state index contributed by atoms with van der Waals surface area (Å²) in [5.74, 6) is 5.65. The van der Waals surface area contributed by atoms with Crippen LogP contribution in [0, 0.1) is 35.5 Å². The molecule has 3 aliphatic rings. The zero-order valence-corrected chi connectivity index (χ0v) is 21.3. The van der Waals surface area contributed by atoms with Crippen molar-refractivity contribution in [2.75, 3.05) is 6.67 Å². The first kappa shape index (κ1) is 25.0. The van der Waals surface area contributed by atoms with Gasteiger partial charge in [0.15, 0.2) is 0 Å². The Bertz CT molecular complexity index is 680. The van der Waals surface area contributed by atoms with E-state index in [0.29, 0.717) is 5.92 Å². The summed E-state index contributed by atoms with van der Waals surface area (Å²) in [6.45, 7) is 2.08. The molecule has 0 aliphatic heterocycles. The molecule has 0 bridgehead atoms. The molecule has 3 fully saturated rings. The van der Waals surface area contributed by atoms with Crippen molar-refractivity contribution in [2.24, 2.45) is 35.5 Å². The fraction of sp³-hybridized carbons (Fsp3) is 0.750. The zero-order valence-electron chi connectivity index (χ0n) is 21.3. The van der Waals surface area contributed by atoms with Crippen molar-refractivity contribution in [3.8, 4) is 0 Å². The Balaban J connectivity index is 1.12. The summed E-state index contributed by atoms with van der Waals surface area (Å²) in [7, 11) is 0. The molecule has 0 spiro atoms. The monoisotopic (exact) mass is 452 g/mol. The standard InChI is InChI=1S/C32H49F/c1-2-3-4-25-5-7-26(8-6-25)9-10-27-11-15-29(16-12-27)31-19-21-32(22-20-31)30-17-13-28(14-18-30)23-24-33/h3-8,27-32H,2,9-24H2,1H3/t27-,28-,29-,30-,31-,32-. The molecule has 0 heterocycles. The third kappa shape index (κ3) is 7.43. The van der Waals surface area contributed by atoms with Gasteiger partial charge < -0.3 is 0 Å². The number of alkyl halides is 1. The molecule has 0 nitrogen and oxygen atoms in total. The van der Waals surface area contributed by atoms with E-state index in [2.05, 4.69) is 43.3 Å². The maximum atomic E-state index is 12.6. The number of hydrogen-bond acceptors (Lipinski definition) is 0. The van der Waals surface area contributed by atoms with Crippen LogP contribution in [-0.4, -0.2) is 6.67 Å². The van der Waals surface area contributed by atoms with Crippen LogP contribution in [0.5, 0.6) is 0 Å². The topological polar surface area (TPSA) is 0 Å². The second-order valence-corrected chi connectivity index (χ2v) is 11.8. The summed E-state index contributed by atoms with van der Waals surface area (Å²) in [5, 5.41) is 0. The Kier molecular flexibility index (Phi) is 9.93. The fourth-order valence-electron chi connectivity index (χ4n) is 7.56. The molecule has 0 unspecified atom stereocenters. The molecule has 0 amide bonds. The molecule has 0 radical (unpaired) electrons. The van der Waals surface area contributed by atoms with E-state index in [-0.39, 0.29) is 6.67 Å². The van der Waals surface area contributed by atoms with E-state index in [4.69, 9.17) is 0 Å². The van der Waals surface area contributed by atoms with Gasteiger partial charge >= 0.3 is 0 Å². The van der Waals surface area contributed by atoms with E-state index in [1.807, 2.05) is 0 Å². The number of allylic oxidation sites excluding steroid dienone is 1. The first-order valence-electron chi connectivity index (χ1n) is 14.6. The quantitative estimate of drug-likeness (QED) is 0.350. The molecular formula is C32H49F. The Labute approximate surface area is 203 Å². The third-order valence-electron chi connectivity index (χ3n) is 9.82. The predicted molar refractivity (Wildman–Crippen MR) is 141 cm³/mol. The lowest BCUT2D eigenvalue weighted by molar-refractivity contribution is 0.102. The zero-order chi connectivity index (χ0) is 22.9. The lowest BCUT2D eigenvalue weighted by atomic mass is 9.64. The summed E-state index contributed by atoms with van der Waals surface area (Å²) < 4.78 is 12.6. The molecule has 0 N–H and O–H groups in total. The molecule has 1 aromatic rings. The SMILES string of the molecule is CCC=Cc1ccc(CC[C@H]2CC[C@H]([C@H]3CC[C@H]([C@H]4CC[C@H](CCF)CC4)CC3)CC2)cc1. The Morgan fingerprint density at radius 2 is 1.12 bits per heavy atom. The molecular weight excluding hydrogens is 403 g/mol. The summed E-state index contributed by atoms with van der Waals surface area (Å²) in [5.41, 5.74) is 2.85. The molecule has 3 saturated carbocycles. The second-order valence-electron chi connectivity index (χ2n) is 11.8. The highest BCUT2D eigenvalue weighted by molar-refractivity contribution is 5.49.